The zero-order valence-corrected chi connectivity index (χ0v) is 22.7. The number of carbonyl (C=O) groups is 2. The number of fused-ring (bicyclic) bond motifs is 1. The van der Waals surface area contributed by atoms with E-state index in [-0.39, 0.29) is 18.9 Å². The molecule has 37 heavy (non-hydrogen) atoms. The third-order valence-electron chi connectivity index (χ3n) is 6.15. The van der Waals surface area contributed by atoms with Gasteiger partial charge in [0, 0.05) is 49.9 Å². The Labute approximate surface area is 226 Å². The fourth-order valence-corrected chi connectivity index (χ4v) is 5.87. The molecule has 0 spiro atoms. The van der Waals surface area contributed by atoms with Gasteiger partial charge in [0.05, 0.1) is 17.0 Å². The average Bonchev–Trinajstić information content (AvgIpc) is 3.22. The van der Waals surface area contributed by atoms with E-state index >= 15 is 0 Å². The van der Waals surface area contributed by atoms with Crippen molar-refractivity contribution in [3.63, 3.8) is 0 Å². The standard InChI is InChI=1S/C24H26Cl2N6O4S/c1-31(2)22-18(26)10-15(12-29-22)37(35)30-19-5-7-32(23(19)33)20(24(34)36-3)9-14-8-13-4-6-28-21(27)16(13)11-17(14)25/h4,6,8,10-12,19-20,30H,5,7,9H2,1-3H3,(H2,27,28). The van der Waals surface area contributed by atoms with E-state index in [1.165, 1.54) is 18.2 Å². The van der Waals surface area contributed by atoms with Crippen molar-refractivity contribution in [1.82, 2.24) is 19.6 Å². The highest BCUT2D eigenvalue weighted by Gasteiger charge is 2.40. The third kappa shape index (κ3) is 5.64. The summed E-state index contributed by atoms with van der Waals surface area (Å²) in [5, 5.41) is 2.25. The molecule has 1 saturated heterocycles. The number of ether oxygens (including phenoxy) is 1. The summed E-state index contributed by atoms with van der Waals surface area (Å²) < 4.78 is 20.8. The van der Waals surface area contributed by atoms with Crippen molar-refractivity contribution in [1.29, 1.82) is 0 Å². The number of likely N-dealkylation sites (tertiary alicyclic amines) is 1. The van der Waals surface area contributed by atoms with E-state index in [4.69, 9.17) is 33.7 Å². The van der Waals surface area contributed by atoms with Crippen LogP contribution in [0.3, 0.4) is 0 Å². The van der Waals surface area contributed by atoms with Gasteiger partial charge in [-0.05, 0) is 41.6 Å². The molecule has 3 aromatic rings. The van der Waals surface area contributed by atoms with Gasteiger partial charge >= 0.3 is 5.97 Å². The van der Waals surface area contributed by atoms with Crippen molar-refractivity contribution in [2.24, 2.45) is 0 Å². The summed E-state index contributed by atoms with van der Waals surface area (Å²) in [7, 11) is 3.12. The molecule has 3 unspecified atom stereocenters. The minimum absolute atomic E-state index is 0.136. The fourth-order valence-electron chi connectivity index (χ4n) is 4.25. The van der Waals surface area contributed by atoms with Crippen molar-refractivity contribution in [3.05, 3.63) is 52.3 Å². The molecule has 196 valence electrons. The molecule has 3 atom stereocenters. The predicted molar refractivity (Wildman–Crippen MR) is 144 cm³/mol. The number of nitrogens with one attached hydrogen (secondary N) is 1. The first-order valence-corrected chi connectivity index (χ1v) is 13.2. The summed E-state index contributed by atoms with van der Waals surface area (Å²) in [5.74, 6) is -0.0495. The number of nitrogens with two attached hydrogens (primary N) is 1. The summed E-state index contributed by atoms with van der Waals surface area (Å²) in [6, 6.07) is 5.18. The number of esters is 1. The Morgan fingerprint density at radius 1 is 1.30 bits per heavy atom. The van der Waals surface area contributed by atoms with Gasteiger partial charge in [-0.15, -0.1) is 0 Å². The molecule has 10 nitrogen and oxygen atoms in total. The van der Waals surface area contributed by atoms with Crippen molar-refractivity contribution < 1.29 is 18.5 Å². The van der Waals surface area contributed by atoms with Crippen molar-refractivity contribution >= 4 is 68.5 Å². The lowest BCUT2D eigenvalue weighted by molar-refractivity contribution is -0.151. The van der Waals surface area contributed by atoms with Crippen LogP contribution in [-0.4, -0.2) is 70.8 Å². The number of pyridine rings is 2. The topological polar surface area (TPSA) is 131 Å². The van der Waals surface area contributed by atoms with Gasteiger partial charge in [-0.3, -0.25) is 4.79 Å². The van der Waals surface area contributed by atoms with Crippen LogP contribution in [0.2, 0.25) is 10.0 Å². The lowest BCUT2D eigenvalue weighted by Gasteiger charge is -2.26. The Balaban J connectivity index is 1.52. The smallest absolute Gasteiger partial charge is 0.328 e. The molecular formula is C24H26Cl2N6O4S. The van der Waals surface area contributed by atoms with Gasteiger partial charge in [-0.1, -0.05) is 23.2 Å². The molecule has 2 aromatic heterocycles. The number of hydrogen-bond acceptors (Lipinski definition) is 8. The number of rotatable bonds is 8. The number of amides is 1. The normalized spacial score (nSPS) is 17.2. The summed E-state index contributed by atoms with van der Waals surface area (Å²) >= 11 is 12.8. The fraction of sp³-hybridized carbons (Fsp3) is 0.333. The Morgan fingerprint density at radius 3 is 2.73 bits per heavy atom. The Hall–Kier alpha value is -2.99. The van der Waals surface area contributed by atoms with Gasteiger partial charge in [-0.2, -0.15) is 0 Å². The van der Waals surface area contributed by atoms with E-state index in [0.717, 1.165) is 5.39 Å². The number of benzene rings is 1. The predicted octanol–water partition coefficient (Wildman–Crippen LogP) is 2.58. The Bertz CT molecular complexity index is 1390. The summed E-state index contributed by atoms with van der Waals surface area (Å²) in [5.41, 5.74) is 6.60. The molecule has 4 rings (SSSR count). The monoisotopic (exact) mass is 564 g/mol. The van der Waals surface area contributed by atoms with Gasteiger partial charge < -0.3 is 20.3 Å². The van der Waals surface area contributed by atoms with Crippen LogP contribution in [0.4, 0.5) is 11.6 Å². The molecule has 1 amide bonds. The van der Waals surface area contributed by atoms with Crippen LogP contribution in [0.1, 0.15) is 12.0 Å². The van der Waals surface area contributed by atoms with Crippen LogP contribution in [0, 0.1) is 0 Å². The largest absolute Gasteiger partial charge is 0.467 e. The Kier molecular flexibility index (Phi) is 8.17. The SMILES string of the molecule is COC(=O)C(Cc1cc2ccnc(N)c2cc1Cl)N1CCC(NS(=O)c2cnc(N(C)C)c(Cl)c2)C1=O. The van der Waals surface area contributed by atoms with Gasteiger partial charge in [0.15, 0.2) is 0 Å². The number of aromatic nitrogens is 2. The van der Waals surface area contributed by atoms with Crippen LogP contribution in [0.25, 0.3) is 10.8 Å². The molecule has 1 fully saturated rings. The van der Waals surface area contributed by atoms with Crippen LogP contribution in [0.5, 0.6) is 0 Å². The molecular weight excluding hydrogens is 539 g/mol. The molecule has 3 heterocycles. The number of carbonyl (C=O) groups excluding carboxylic acids is 2. The van der Waals surface area contributed by atoms with Crippen LogP contribution in [-0.2, 0) is 31.7 Å². The molecule has 13 heteroatoms. The molecule has 0 bridgehead atoms. The molecule has 1 aromatic carbocycles. The second-order valence-electron chi connectivity index (χ2n) is 8.73. The summed E-state index contributed by atoms with van der Waals surface area (Å²) in [4.78, 5) is 37.9. The average molecular weight is 565 g/mol. The number of halogens is 2. The first-order chi connectivity index (χ1) is 17.6. The molecule has 3 N–H and O–H groups in total. The molecule has 0 aliphatic carbocycles. The van der Waals surface area contributed by atoms with Gasteiger partial charge in [-0.25, -0.2) is 23.7 Å². The maximum absolute atomic E-state index is 13.3. The van der Waals surface area contributed by atoms with Gasteiger partial charge in [0.25, 0.3) is 0 Å². The maximum atomic E-state index is 13.3. The van der Waals surface area contributed by atoms with Gasteiger partial charge in [0.1, 0.15) is 34.7 Å². The summed E-state index contributed by atoms with van der Waals surface area (Å²) in [6.45, 7) is 0.272. The lowest BCUT2D eigenvalue weighted by atomic mass is 10.0. The minimum atomic E-state index is -1.74. The van der Waals surface area contributed by atoms with E-state index in [0.29, 0.717) is 43.9 Å². The van der Waals surface area contributed by atoms with Crippen LogP contribution < -0.4 is 15.4 Å². The lowest BCUT2D eigenvalue weighted by Crippen LogP contribution is -2.48. The second kappa shape index (κ2) is 11.2. The van der Waals surface area contributed by atoms with E-state index in [1.54, 1.807) is 43.4 Å². The molecule has 1 aliphatic rings. The number of nitrogens with zero attached hydrogens (tertiary/aromatic N) is 4. The number of hydrogen-bond donors (Lipinski definition) is 2. The molecule has 1 aliphatic heterocycles. The highest BCUT2D eigenvalue weighted by atomic mass is 35.5. The number of anilines is 2. The first-order valence-electron chi connectivity index (χ1n) is 11.3. The van der Waals surface area contributed by atoms with E-state index in [9.17, 15) is 13.8 Å². The quantitative estimate of drug-likeness (QED) is 0.399. The van der Waals surface area contributed by atoms with E-state index in [1.807, 2.05) is 6.07 Å². The number of methoxy groups -OCH3 is 1. The molecule has 0 saturated carbocycles. The maximum Gasteiger partial charge on any atom is 0.328 e. The van der Waals surface area contributed by atoms with Crippen LogP contribution in [0.15, 0.2) is 41.6 Å². The van der Waals surface area contributed by atoms with Crippen molar-refractivity contribution in [2.45, 2.75) is 29.8 Å². The minimum Gasteiger partial charge on any atom is -0.467 e. The highest BCUT2D eigenvalue weighted by Crippen LogP contribution is 2.30. The van der Waals surface area contributed by atoms with Gasteiger partial charge in [0.2, 0.25) is 5.91 Å². The highest BCUT2D eigenvalue weighted by molar-refractivity contribution is 7.83. The number of nitrogen functional groups attached to an aromatic ring is 1. The van der Waals surface area contributed by atoms with Crippen molar-refractivity contribution in [2.75, 3.05) is 38.4 Å². The summed E-state index contributed by atoms with van der Waals surface area (Å²) in [6.07, 6.45) is 3.52. The van der Waals surface area contributed by atoms with Crippen LogP contribution >= 0.6 is 23.2 Å². The zero-order valence-electron chi connectivity index (χ0n) is 20.4. The second-order valence-corrected chi connectivity index (χ2v) is 10.8. The zero-order chi connectivity index (χ0) is 26.9. The third-order valence-corrected chi connectivity index (χ3v) is 7.93. The first kappa shape index (κ1) is 27.1. The Morgan fingerprint density at radius 2 is 2.05 bits per heavy atom. The van der Waals surface area contributed by atoms with Crippen molar-refractivity contribution in [3.8, 4) is 0 Å². The van der Waals surface area contributed by atoms with E-state index < -0.39 is 29.0 Å². The van der Waals surface area contributed by atoms with E-state index in [2.05, 4.69) is 14.7 Å². The molecule has 0 radical (unpaired) electrons.